The number of anilines is 1. The molecule has 34 heavy (non-hydrogen) atoms. The highest BCUT2D eigenvalue weighted by Gasteiger charge is 2.23. The van der Waals surface area contributed by atoms with Gasteiger partial charge in [-0.2, -0.15) is 0 Å². The highest BCUT2D eigenvalue weighted by Crippen LogP contribution is 2.27. The molecule has 0 spiro atoms. The fraction of sp³-hybridized carbons (Fsp3) is 0.435. The van der Waals surface area contributed by atoms with Gasteiger partial charge in [-0.05, 0) is 37.8 Å². The van der Waals surface area contributed by atoms with Crippen LogP contribution in [0.15, 0.2) is 34.3 Å². The molecule has 178 valence electrons. The van der Waals surface area contributed by atoms with Crippen molar-refractivity contribution in [2.45, 2.75) is 55.9 Å². The van der Waals surface area contributed by atoms with E-state index in [0.717, 1.165) is 36.4 Å². The molecule has 1 aliphatic carbocycles. The van der Waals surface area contributed by atoms with E-state index in [1.54, 1.807) is 19.3 Å². The van der Waals surface area contributed by atoms with Crippen molar-refractivity contribution in [3.8, 4) is 0 Å². The largest absolute Gasteiger partial charge is 0.310 e. The fourth-order valence-electron chi connectivity index (χ4n) is 4.55. The summed E-state index contributed by atoms with van der Waals surface area (Å²) in [7, 11) is 1.64. The average molecular weight is 484 g/mol. The van der Waals surface area contributed by atoms with Gasteiger partial charge in [-0.1, -0.05) is 11.8 Å². The summed E-state index contributed by atoms with van der Waals surface area (Å²) >= 11 is 1.40. The maximum Gasteiger partial charge on any atom is 0.269 e. The molecule has 1 saturated carbocycles. The number of amides is 1. The number of nitrogens with one attached hydrogen (secondary N) is 3. The number of hydrogen-bond acceptors (Lipinski definition) is 8. The normalized spacial score (nSPS) is 20.2. The zero-order valence-electron chi connectivity index (χ0n) is 18.8. The molecule has 2 aromatic heterocycles. The summed E-state index contributed by atoms with van der Waals surface area (Å²) < 4.78 is 16.1. The van der Waals surface area contributed by atoms with Crippen molar-refractivity contribution < 1.29 is 9.18 Å². The van der Waals surface area contributed by atoms with Gasteiger partial charge in [-0.15, -0.1) is 0 Å². The van der Waals surface area contributed by atoms with Crippen LogP contribution in [0.25, 0.3) is 11.0 Å². The third-order valence-corrected chi connectivity index (χ3v) is 7.42. The van der Waals surface area contributed by atoms with Crippen LogP contribution in [0.1, 0.15) is 36.9 Å². The van der Waals surface area contributed by atoms with Crippen LogP contribution in [-0.2, 0) is 24.9 Å². The number of aromatic nitrogens is 4. The van der Waals surface area contributed by atoms with Crippen LogP contribution in [0, 0.1) is 5.82 Å². The molecule has 11 heteroatoms. The first-order valence-electron chi connectivity index (χ1n) is 11.4. The molecule has 1 fully saturated rings. The van der Waals surface area contributed by atoms with E-state index in [9.17, 15) is 14.0 Å². The highest BCUT2D eigenvalue weighted by molar-refractivity contribution is 8.00. The Hall–Kier alpha value is -2.89. The second kappa shape index (κ2) is 9.77. The molecule has 0 atom stereocenters. The molecule has 3 heterocycles. The van der Waals surface area contributed by atoms with E-state index >= 15 is 0 Å². The number of thioether (sulfide) groups is 1. The molecule has 3 N–H and O–H groups in total. The number of aryl methyl sites for hydroxylation is 1. The van der Waals surface area contributed by atoms with Gasteiger partial charge in [0.25, 0.3) is 5.56 Å². The number of fused-ring (bicyclic) bond motifs is 2. The lowest BCUT2D eigenvalue weighted by molar-refractivity contribution is -0.113. The van der Waals surface area contributed by atoms with Crippen molar-refractivity contribution in [3.05, 3.63) is 52.0 Å². The van der Waals surface area contributed by atoms with E-state index in [4.69, 9.17) is 0 Å². The van der Waals surface area contributed by atoms with Crippen LogP contribution in [0.3, 0.4) is 0 Å². The van der Waals surface area contributed by atoms with E-state index in [-0.39, 0.29) is 23.3 Å². The lowest BCUT2D eigenvalue weighted by atomic mass is 9.91. The van der Waals surface area contributed by atoms with Crippen LogP contribution >= 0.6 is 11.8 Å². The van der Waals surface area contributed by atoms with Crippen LogP contribution in [0.5, 0.6) is 0 Å². The summed E-state index contributed by atoms with van der Waals surface area (Å²) in [6, 6.07) is 3.64. The predicted molar refractivity (Wildman–Crippen MR) is 128 cm³/mol. The summed E-state index contributed by atoms with van der Waals surface area (Å²) in [4.78, 5) is 36.7. The molecule has 3 aromatic rings. The third-order valence-electron chi connectivity index (χ3n) is 6.44. The minimum atomic E-state index is -0.334. The number of rotatable bonds is 6. The smallest absolute Gasteiger partial charge is 0.269 e. The Morgan fingerprint density at radius 2 is 1.82 bits per heavy atom. The van der Waals surface area contributed by atoms with E-state index in [1.807, 2.05) is 0 Å². The minimum Gasteiger partial charge on any atom is -0.310 e. The van der Waals surface area contributed by atoms with Crippen LogP contribution in [-0.4, -0.2) is 43.3 Å². The standard InChI is InChI=1S/C23H26FN7O2S/c1-31-20(33)11-27-18-7-6-17(24)16(21(18)31)10-26-14-4-2-13(3-5-14)25-8-15-9-28-23-22(29-15)30-19(32)12-34-23/h6-7,9,11,13-14,25-26H,2-5,8,10,12H2,1H3,(H,29,30,32). The first-order valence-corrected chi connectivity index (χ1v) is 12.3. The zero-order valence-corrected chi connectivity index (χ0v) is 19.6. The molecule has 5 rings (SSSR count). The number of benzene rings is 1. The van der Waals surface area contributed by atoms with Crippen molar-refractivity contribution in [1.29, 1.82) is 0 Å². The summed E-state index contributed by atoms with van der Waals surface area (Å²) in [5.74, 6) is 0.532. The fourth-order valence-corrected chi connectivity index (χ4v) is 5.25. The second-order valence-corrected chi connectivity index (χ2v) is 9.68. The lowest BCUT2D eigenvalue weighted by Gasteiger charge is -2.30. The van der Waals surface area contributed by atoms with Gasteiger partial charge in [0, 0.05) is 37.8 Å². The third kappa shape index (κ3) is 4.82. The number of carbonyl (C=O) groups excluding carboxylic acids is 1. The van der Waals surface area contributed by atoms with Gasteiger partial charge >= 0.3 is 0 Å². The quantitative estimate of drug-likeness (QED) is 0.489. The Kier molecular flexibility index (Phi) is 6.57. The Bertz CT molecular complexity index is 1290. The second-order valence-electron chi connectivity index (χ2n) is 8.71. The maximum absolute atomic E-state index is 14.6. The topological polar surface area (TPSA) is 114 Å². The number of halogens is 1. The summed E-state index contributed by atoms with van der Waals surface area (Å²) in [6.07, 6.45) is 6.91. The Labute approximate surface area is 200 Å². The summed E-state index contributed by atoms with van der Waals surface area (Å²) in [6.45, 7) is 0.936. The van der Waals surface area contributed by atoms with Crippen LogP contribution in [0.4, 0.5) is 10.2 Å². The number of nitrogens with zero attached hydrogens (tertiary/aromatic N) is 4. The molecular formula is C23H26FN7O2S. The molecule has 9 nitrogen and oxygen atoms in total. The van der Waals surface area contributed by atoms with Gasteiger partial charge in [-0.25, -0.2) is 19.3 Å². The molecule has 2 aliphatic rings. The van der Waals surface area contributed by atoms with Crippen LogP contribution < -0.4 is 21.5 Å². The molecule has 1 amide bonds. The van der Waals surface area contributed by atoms with E-state index < -0.39 is 0 Å². The minimum absolute atomic E-state index is 0.0513. The number of carbonyl (C=O) groups is 1. The van der Waals surface area contributed by atoms with Gasteiger partial charge in [0.05, 0.1) is 34.9 Å². The Balaban J connectivity index is 1.15. The Morgan fingerprint density at radius 1 is 1.09 bits per heavy atom. The number of hydrogen-bond donors (Lipinski definition) is 3. The van der Waals surface area contributed by atoms with E-state index in [1.165, 1.54) is 28.6 Å². The van der Waals surface area contributed by atoms with Gasteiger partial charge < -0.3 is 20.5 Å². The van der Waals surface area contributed by atoms with Gasteiger partial charge in [-0.3, -0.25) is 9.59 Å². The molecule has 0 unspecified atom stereocenters. The maximum atomic E-state index is 14.6. The molecule has 1 aliphatic heterocycles. The van der Waals surface area contributed by atoms with Gasteiger partial charge in [0.15, 0.2) is 5.82 Å². The monoisotopic (exact) mass is 483 g/mol. The van der Waals surface area contributed by atoms with Crippen molar-refractivity contribution in [3.63, 3.8) is 0 Å². The zero-order chi connectivity index (χ0) is 23.7. The Morgan fingerprint density at radius 3 is 2.59 bits per heavy atom. The van der Waals surface area contributed by atoms with Crippen molar-refractivity contribution in [2.24, 2.45) is 7.05 Å². The van der Waals surface area contributed by atoms with E-state index in [2.05, 4.69) is 30.9 Å². The first kappa shape index (κ1) is 22.9. The molecule has 0 saturated heterocycles. The molecule has 0 bridgehead atoms. The predicted octanol–water partition coefficient (Wildman–Crippen LogP) is 2.10. The van der Waals surface area contributed by atoms with Crippen molar-refractivity contribution in [2.75, 3.05) is 11.1 Å². The van der Waals surface area contributed by atoms with Gasteiger partial charge in [0.2, 0.25) is 5.91 Å². The van der Waals surface area contributed by atoms with Crippen molar-refractivity contribution in [1.82, 2.24) is 30.2 Å². The molecular weight excluding hydrogens is 457 g/mol. The van der Waals surface area contributed by atoms with Crippen molar-refractivity contribution >= 4 is 34.5 Å². The van der Waals surface area contributed by atoms with Gasteiger partial charge in [0.1, 0.15) is 10.8 Å². The highest BCUT2D eigenvalue weighted by atomic mass is 32.2. The van der Waals surface area contributed by atoms with E-state index in [0.29, 0.717) is 47.3 Å². The lowest BCUT2D eigenvalue weighted by Crippen LogP contribution is -2.39. The molecule has 0 radical (unpaired) electrons. The SMILES string of the molecule is Cn1c(=O)cnc2ccc(F)c(CNC3CCC(NCc4cnc5c(n4)NC(=O)CS5)CC3)c21. The summed E-state index contributed by atoms with van der Waals surface area (Å²) in [5.41, 5.74) is 2.16. The molecule has 1 aromatic carbocycles. The van der Waals surface area contributed by atoms with Crippen LogP contribution in [0.2, 0.25) is 0 Å². The summed E-state index contributed by atoms with van der Waals surface area (Å²) in [5, 5.41) is 10.5. The first-order chi connectivity index (χ1) is 16.5. The average Bonchev–Trinajstić information content (AvgIpc) is 2.85.